The van der Waals surface area contributed by atoms with Gasteiger partial charge in [-0.3, -0.25) is 9.59 Å². The van der Waals surface area contributed by atoms with Crippen LogP contribution >= 0.6 is 0 Å². The Morgan fingerprint density at radius 1 is 0.383 bits per heavy atom. The van der Waals surface area contributed by atoms with E-state index in [-0.39, 0.29) is 70.6 Å². The smallest absolute Gasteiger partial charge is 0.309 e. The minimum absolute atomic E-state index is 0.000784. The number of ether oxygens (including phenoxy) is 13. The minimum atomic E-state index is -1.89. The second-order valence-corrected chi connectivity index (χ2v) is 27.2. The summed E-state index contributed by atoms with van der Waals surface area (Å²) in [4.78, 5) is 26.7. The van der Waals surface area contributed by atoms with Crippen LogP contribution in [0.25, 0.3) is 0 Å². The molecule has 0 bridgehead atoms. The van der Waals surface area contributed by atoms with Gasteiger partial charge in [-0.25, -0.2) is 0 Å². The SMILES string of the molecule is CC1OC(OCC2OC(OC3CC4C(O)CC(OC5OC(COC(=O)C6CCC(OC7OC(COC(=O)C8CCC(OC9OC(CO)C(O)C(O)C9O)CC8)C(O)C(O)C7O)CC6)C(O)C(O)C5O)CC4[OH+]C3C3CC(O)C(O)C(O)C3)C(O)C(O)C2O)C(O)C(O)C1O. The first-order valence-corrected chi connectivity index (χ1v) is 32.7. The van der Waals surface area contributed by atoms with Gasteiger partial charge < -0.3 is 164 Å². The molecule has 94 heavy (non-hydrogen) atoms. The molecule has 0 radical (unpaired) electrons. The Kier molecular flexibility index (Phi) is 25.4. The van der Waals surface area contributed by atoms with Crippen molar-refractivity contribution in [3.05, 3.63) is 0 Å². The lowest BCUT2D eigenvalue weighted by Gasteiger charge is -2.49. The number of hydrogen-bond acceptors (Lipinski definition) is 34. The lowest BCUT2D eigenvalue weighted by molar-refractivity contribution is -0.367. The second-order valence-electron chi connectivity index (χ2n) is 27.2. The third-order valence-electron chi connectivity index (χ3n) is 20.8. The van der Waals surface area contributed by atoms with E-state index in [1.165, 1.54) is 6.92 Å². The van der Waals surface area contributed by atoms with E-state index in [0.29, 0.717) is 12.8 Å². The summed E-state index contributed by atoms with van der Waals surface area (Å²) in [6.45, 7) is -0.894. The van der Waals surface area contributed by atoms with E-state index in [4.69, 9.17) is 61.6 Å². The maximum Gasteiger partial charge on any atom is 0.309 e. The molecule has 10 rings (SSSR count). The molecule has 35 heteroatoms. The highest BCUT2D eigenvalue weighted by atomic mass is 16.8. The average Bonchev–Trinajstić information content (AvgIpc) is 0.769. The van der Waals surface area contributed by atoms with Gasteiger partial charge >= 0.3 is 11.9 Å². The highest BCUT2D eigenvalue weighted by Crippen LogP contribution is 2.44. The van der Waals surface area contributed by atoms with Crippen molar-refractivity contribution in [3.63, 3.8) is 0 Å². The summed E-state index contributed by atoms with van der Waals surface area (Å²) in [5.41, 5.74) is 0. The lowest BCUT2D eigenvalue weighted by Crippen LogP contribution is -2.64. The first kappa shape index (κ1) is 74.4. The van der Waals surface area contributed by atoms with Crippen molar-refractivity contribution >= 4 is 11.9 Å². The van der Waals surface area contributed by atoms with Crippen molar-refractivity contribution in [2.75, 3.05) is 26.4 Å². The molecule has 4 aliphatic carbocycles. The molecule has 0 amide bonds. The zero-order valence-electron chi connectivity index (χ0n) is 51.6. The molecule has 0 aromatic heterocycles. The maximum atomic E-state index is 13.5. The normalized spacial score (nSPS) is 52.1. The Morgan fingerprint density at radius 2 is 0.777 bits per heavy atom. The van der Waals surface area contributed by atoms with Gasteiger partial charge in [-0.15, -0.1) is 0 Å². The summed E-state index contributed by atoms with van der Waals surface area (Å²) < 4.78 is 74.8. The fraction of sp³-hybridized carbons (Fsp3) is 0.966. The number of aliphatic hydroxyl groups is 22. The minimum Gasteiger partial charge on any atom is -0.463 e. The molecule has 4 saturated carbocycles. The fourth-order valence-electron chi connectivity index (χ4n) is 14.8. The second kappa shape index (κ2) is 32.1. The lowest BCUT2D eigenvalue weighted by atomic mass is 9.72. The van der Waals surface area contributed by atoms with Crippen LogP contribution in [0.2, 0.25) is 0 Å². The highest BCUT2D eigenvalue weighted by molar-refractivity contribution is 5.73. The maximum absolute atomic E-state index is 13.5. The van der Waals surface area contributed by atoms with Gasteiger partial charge in [0.2, 0.25) is 0 Å². The Bertz CT molecular complexity index is 2380. The van der Waals surface area contributed by atoms with Crippen LogP contribution in [-0.4, -0.2) is 360 Å². The van der Waals surface area contributed by atoms with E-state index in [0.717, 1.165) is 0 Å². The van der Waals surface area contributed by atoms with Gasteiger partial charge in [-0.05, 0) is 77.6 Å². The topological polar surface area (TPSA) is 562 Å². The molecular formula is C59H97O35+. The highest BCUT2D eigenvalue weighted by Gasteiger charge is 2.58. The van der Waals surface area contributed by atoms with E-state index in [1.54, 1.807) is 0 Å². The number of hydrogen-bond donors (Lipinski definition) is 20. The van der Waals surface area contributed by atoms with E-state index in [1.807, 2.05) is 0 Å². The Balaban J connectivity index is 0.682. The molecule has 33 unspecified atom stereocenters. The Morgan fingerprint density at radius 3 is 1.23 bits per heavy atom. The van der Waals surface area contributed by atoms with Crippen molar-refractivity contribution in [1.29, 1.82) is 0 Å². The largest absolute Gasteiger partial charge is 0.463 e. The molecule has 6 heterocycles. The van der Waals surface area contributed by atoms with Gasteiger partial charge in [0.1, 0.15) is 141 Å². The molecule has 35 nitrogen and oxygen atoms in total. The number of rotatable bonds is 19. The number of carbonyl (C=O) groups is 2. The molecular weight excluding hydrogens is 1270 g/mol. The van der Waals surface area contributed by atoms with Crippen molar-refractivity contribution < 1.29 is 173 Å². The van der Waals surface area contributed by atoms with Gasteiger partial charge in [0.15, 0.2) is 43.7 Å². The zero-order valence-corrected chi connectivity index (χ0v) is 51.6. The molecule has 6 saturated heterocycles. The van der Waals surface area contributed by atoms with Crippen LogP contribution in [0.1, 0.15) is 90.4 Å². The predicted molar refractivity (Wildman–Crippen MR) is 301 cm³/mol. The third-order valence-corrected chi connectivity index (χ3v) is 20.8. The summed E-state index contributed by atoms with van der Waals surface area (Å²) in [6, 6.07) is 0. The molecule has 542 valence electrons. The molecule has 0 aromatic rings. The summed E-state index contributed by atoms with van der Waals surface area (Å²) in [5.74, 6) is -4.01. The number of carbonyl (C=O) groups excluding carboxylic acids is 2. The first-order valence-electron chi connectivity index (χ1n) is 32.7. The summed E-state index contributed by atoms with van der Waals surface area (Å²) >= 11 is 0. The van der Waals surface area contributed by atoms with Gasteiger partial charge in [-0.1, -0.05) is 0 Å². The summed E-state index contributed by atoms with van der Waals surface area (Å²) in [5, 5.41) is 213. The molecule has 10 aliphatic rings. The molecule has 6 aliphatic heterocycles. The van der Waals surface area contributed by atoms with E-state index >= 15 is 0 Å². The Hall–Kier alpha value is -2.30. The molecule has 21 N–H and O–H groups in total. The predicted octanol–water partition coefficient (Wildman–Crippen LogP) is -10.0. The number of esters is 2. The fourth-order valence-corrected chi connectivity index (χ4v) is 14.8. The quantitative estimate of drug-likeness (QED) is 0.0422. The van der Waals surface area contributed by atoms with E-state index in [2.05, 4.69) is 0 Å². The Labute approximate surface area is 539 Å². The van der Waals surface area contributed by atoms with Crippen LogP contribution in [0.15, 0.2) is 0 Å². The van der Waals surface area contributed by atoms with Crippen molar-refractivity contribution in [2.24, 2.45) is 23.7 Å². The van der Waals surface area contributed by atoms with E-state index in [9.17, 15) is 112 Å². The van der Waals surface area contributed by atoms with Crippen molar-refractivity contribution in [3.8, 4) is 0 Å². The standard InChI is InChI=1S/C59H96O35/c1-19-36(64)42(70)47(75)55(85-19)84-18-35-41(69)46(74)51(79)59(94-35)90-31-14-26-27(61)12-25(13-30(26)89-52(31)22-10-28(62)37(65)29(63)11-22)88-58-50(78)45(73)40(68)34(93-58)17-83-54(81)21-4-8-24(9-5-21)87-57-49(77)44(72)39(67)33(92-57)16-82-53(80)20-2-6-23(7-3-20)86-56-48(76)43(71)38(66)32(15-60)91-56/h19-52,55-79H,2-18H2,1H3/p+1. The van der Waals surface area contributed by atoms with Gasteiger partial charge in [-0.2, -0.15) is 0 Å². The van der Waals surface area contributed by atoms with Gasteiger partial charge in [0.05, 0.1) is 73.7 Å². The third kappa shape index (κ3) is 16.5. The molecule has 0 aromatic carbocycles. The number of fused-ring (bicyclic) bond motifs is 1. The van der Waals surface area contributed by atoms with E-state index < -0.39 is 277 Å². The van der Waals surface area contributed by atoms with Gasteiger partial charge in [0, 0.05) is 18.8 Å². The monoisotopic (exact) mass is 1370 g/mol. The zero-order chi connectivity index (χ0) is 67.9. The summed E-state index contributed by atoms with van der Waals surface area (Å²) in [6.07, 6.45) is -48.2. The molecule has 33 atom stereocenters. The first-order chi connectivity index (χ1) is 44.6. The average molecular weight is 1370 g/mol. The van der Waals surface area contributed by atoms with Gasteiger partial charge in [0.25, 0.3) is 0 Å². The van der Waals surface area contributed by atoms with Crippen LogP contribution in [0.4, 0.5) is 0 Å². The van der Waals surface area contributed by atoms with Crippen LogP contribution < -0.4 is 0 Å². The van der Waals surface area contributed by atoms with Crippen LogP contribution in [0.5, 0.6) is 0 Å². The van der Waals surface area contributed by atoms with Crippen LogP contribution in [0, 0.1) is 23.7 Å². The van der Waals surface area contributed by atoms with Crippen molar-refractivity contribution in [1.82, 2.24) is 0 Å². The van der Waals surface area contributed by atoms with Crippen LogP contribution in [-0.2, 0) is 66.4 Å². The van der Waals surface area contributed by atoms with Crippen LogP contribution in [0.3, 0.4) is 0 Å². The molecule has 0 spiro atoms. The summed E-state index contributed by atoms with van der Waals surface area (Å²) in [7, 11) is 0. The molecule has 10 fully saturated rings. The van der Waals surface area contributed by atoms with Crippen molar-refractivity contribution in [2.45, 2.75) is 305 Å². The number of aliphatic hydroxyl groups excluding tert-OH is 20.